The van der Waals surface area contributed by atoms with Crippen LogP contribution < -0.4 is 5.32 Å². The van der Waals surface area contributed by atoms with Crippen molar-refractivity contribution in [2.75, 3.05) is 58.9 Å². The molecule has 1 aromatic carbocycles. The van der Waals surface area contributed by atoms with E-state index in [1.54, 1.807) is 0 Å². The maximum atomic E-state index is 12.6. The van der Waals surface area contributed by atoms with E-state index in [1.165, 1.54) is 0 Å². The van der Waals surface area contributed by atoms with Crippen molar-refractivity contribution in [2.24, 2.45) is 5.92 Å². The van der Waals surface area contributed by atoms with Crippen LogP contribution in [0, 0.1) is 5.92 Å². The lowest BCUT2D eigenvalue weighted by Gasteiger charge is -2.34. The first-order chi connectivity index (χ1) is 13.7. The number of hydrogen-bond acceptors (Lipinski definition) is 4. The van der Waals surface area contributed by atoms with Crippen molar-refractivity contribution < 1.29 is 9.59 Å². The predicted molar refractivity (Wildman–Crippen MR) is 111 cm³/mol. The van der Waals surface area contributed by atoms with Crippen LogP contribution in [-0.4, -0.2) is 85.4 Å². The molecule has 2 saturated heterocycles. The van der Waals surface area contributed by atoms with E-state index in [-0.39, 0.29) is 17.7 Å². The molecule has 0 radical (unpaired) electrons. The summed E-state index contributed by atoms with van der Waals surface area (Å²) in [6, 6.07) is 9.83. The van der Waals surface area contributed by atoms with Crippen LogP contribution in [0.15, 0.2) is 30.3 Å². The van der Waals surface area contributed by atoms with Crippen LogP contribution in [0.25, 0.3) is 0 Å². The van der Waals surface area contributed by atoms with Crippen molar-refractivity contribution in [2.45, 2.75) is 26.2 Å². The molecule has 3 rings (SSSR count). The van der Waals surface area contributed by atoms with Crippen molar-refractivity contribution >= 4 is 11.8 Å². The smallest absolute Gasteiger partial charge is 0.227 e. The molecule has 2 heterocycles. The van der Waals surface area contributed by atoms with Crippen LogP contribution in [0.1, 0.15) is 25.3 Å². The number of nitrogens with one attached hydrogen (secondary N) is 1. The third-order valence-electron chi connectivity index (χ3n) is 5.98. The van der Waals surface area contributed by atoms with Crippen LogP contribution in [0.4, 0.5) is 0 Å². The number of piperazine rings is 1. The molecule has 0 aromatic heterocycles. The van der Waals surface area contributed by atoms with Gasteiger partial charge in [-0.2, -0.15) is 0 Å². The molecule has 2 amide bonds. The average molecular weight is 387 g/mol. The molecule has 28 heavy (non-hydrogen) atoms. The zero-order valence-electron chi connectivity index (χ0n) is 17.1. The highest BCUT2D eigenvalue weighted by atomic mass is 16.2. The van der Waals surface area contributed by atoms with Crippen LogP contribution in [0.2, 0.25) is 0 Å². The van der Waals surface area contributed by atoms with Gasteiger partial charge in [0, 0.05) is 52.4 Å². The molecule has 1 atom stereocenters. The van der Waals surface area contributed by atoms with E-state index in [2.05, 4.69) is 22.0 Å². The van der Waals surface area contributed by atoms with Crippen LogP contribution >= 0.6 is 0 Å². The molecule has 2 aliphatic heterocycles. The van der Waals surface area contributed by atoms with Gasteiger partial charge < -0.3 is 15.1 Å². The Labute approximate surface area is 168 Å². The Balaban J connectivity index is 1.38. The number of nitrogens with zero attached hydrogens (tertiary/aromatic N) is 3. The molecule has 0 bridgehead atoms. The van der Waals surface area contributed by atoms with Gasteiger partial charge in [0.05, 0.1) is 12.3 Å². The molecule has 0 spiro atoms. The number of hydrogen-bond donors (Lipinski definition) is 1. The Bertz CT molecular complexity index is 629. The minimum atomic E-state index is -0.0783. The quantitative estimate of drug-likeness (QED) is 0.766. The maximum absolute atomic E-state index is 12.6. The van der Waals surface area contributed by atoms with E-state index >= 15 is 0 Å². The Kier molecular flexibility index (Phi) is 7.86. The molecule has 6 heteroatoms. The lowest BCUT2D eigenvalue weighted by molar-refractivity contribution is -0.135. The lowest BCUT2D eigenvalue weighted by atomic mass is 9.96. The fraction of sp³-hybridized carbons (Fsp3) is 0.636. The van der Waals surface area contributed by atoms with E-state index in [9.17, 15) is 9.59 Å². The number of benzene rings is 1. The van der Waals surface area contributed by atoms with Gasteiger partial charge in [0.2, 0.25) is 11.8 Å². The topological polar surface area (TPSA) is 55.9 Å². The summed E-state index contributed by atoms with van der Waals surface area (Å²) in [5.74, 6) is 0.146. The second-order valence-corrected chi connectivity index (χ2v) is 7.91. The fourth-order valence-corrected chi connectivity index (χ4v) is 4.11. The van der Waals surface area contributed by atoms with Crippen molar-refractivity contribution in [1.29, 1.82) is 0 Å². The molecule has 0 saturated carbocycles. The number of carbonyl (C=O) groups excluding carboxylic acids is 2. The standard InChI is InChI=1S/C22H34N4O2/c1-2-24-13-15-25(16-14-24)12-10-23-22(28)20-9-6-11-26(18-20)21(27)17-19-7-4-3-5-8-19/h3-5,7-8,20H,2,6,9-18H2,1H3,(H,23,28). The normalized spacial score (nSPS) is 21.5. The molecule has 1 aromatic rings. The molecule has 0 aliphatic carbocycles. The lowest BCUT2D eigenvalue weighted by Crippen LogP contribution is -2.49. The Hall–Kier alpha value is -1.92. The number of likely N-dealkylation sites (N-methyl/N-ethyl adjacent to an activating group) is 1. The van der Waals surface area contributed by atoms with Crippen LogP contribution in [0.3, 0.4) is 0 Å². The summed E-state index contributed by atoms with van der Waals surface area (Å²) in [6.45, 7) is 10.6. The molecular formula is C22H34N4O2. The summed E-state index contributed by atoms with van der Waals surface area (Å²) in [5, 5.41) is 3.10. The number of rotatable bonds is 7. The van der Waals surface area contributed by atoms with Gasteiger partial charge >= 0.3 is 0 Å². The van der Waals surface area contributed by atoms with Gasteiger partial charge in [-0.15, -0.1) is 0 Å². The van der Waals surface area contributed by atoms with Gasteiger partial charge in [-0.05, 0) is 24.9 Å². The van der Waals surface area contributed by atoms with Gasteiger partial charge in [-0.25, -0.2) is 0 Å². The van der Waals surface area contributed by atoms with E-state index < -0.39 is 0 Å². The second kappa shape index (κ2) is 10.6. The monoisotopic (exact) mass is 386 g/mol. The van der Waals surface area contributed by atoms with Gasteiger partial charge in [0.15, 0.2) is 0 Å². The second-order valence-electron chi connectivity index (χ2n) is 7.91. The van der Waals surface area contributed by atoms with Gasteiger partial charge in [-0.3, -0.25) is 14.5 Å². The molecule has 2 aliphatic rings. The Morgan fingerprint density at radius 1 is 1.04 bits per heavy atom. The predicted octanol–water partition coefficient (Wildman–Crippen LogP) is 1.22. The minimum absolute atomic E-state index is 0.0783. The van der Waals surface area contributed by atoms with Gasteiger partial charge in [-0.1, -0.05) is 37.3 Å². The summed E-state index contributed by atoms with van der Waals surface area (Å²) in [7, 11) is 0. The molecular weight excluding hydrogens is 352 g/mol. The van der Waals surface area contributed by atoms with E-state index in [1.807, 2.05) is 35.2 Å². The van der Waals surface area contributed by atoms with Crippen molar-refractivity contribution in [3.63, 3.8) is 0 Å². The Morgan fingerprint density at radius 2 is 1.75 bits per heavy atom. The molecule has 154 valence electrons. The molecule has 6 nitrogen and oxygen atoms in total. The largest absolute Gasteiger partial charge is 0.355 e. The van der Waals surface area contributed by atoms with Crippen molar-refractivity contribution in [3.05, 3.63) is 35.9 Å². The summed E-state index contributed by atoms with van der Waals surface area (Å²) < 4.78 is 0. The number of carbonyl (C=O) groups is 2. The highest BCUT2D eigenvalue weighted by Crippen LogP contribution is 2.18. The maximum Gasteiger partial charge on any atom is 0.227 e. The number of piperidine rings is 1. The van der Waals surface area contributed by atoms with Crippen molar-refractivity contribution in [3.8, 4) is 0 Å². The SMILES string of the molecule is CCN1CCN(CCNC(=O)C2CCCN(C(=O)Cc3ccccc3)C2)CC1. The average Bonchev–Trinajstić information content (AvgIpc) is 2.75. The highest BCUT2D eigenvalue weighted by Gasteiger charge is 2.28. The highest BCUT2D eigenvalue weighted by molar-refractivity contribution is 5.82. The van der Waals surface area contributed by atoms with Crippen LogP contribution in [-0.2, 0) is 16.0 Å². The van der Waals surface area contributed by atoms with Gasteiger partial charge in [0.1, 0.15) is 0 Å². The first kappa shape index (κ1) is 20.8. The summed E-state index contributed by atoms with van der Waals surface area (Å²) in [5.41, 5.74) is 1.03. The fourth-order valence-electron chi connectivity index (χ4n) is 4.11. The van der Waals surface area contributed by atoms with E-state index in [4.69, 9.17) is 0 Å². The first-order valence-corrected chi connectivity index (χ1v) is 10.7. The van der Waals surface area contributed by atoms with Gasteiger partial charge in [0.25, 0.3) is 0 Å². The number of likely N-dealkylation sites (tertiary alicyclic amines) is 1. The zero-order chi connectivity index (χ0) is 19.8. The third kappa shape index (κ3) is 6.04. The molecule has 2 fully saturated rings. The first-order valence-electron chi connectivity index (χ1n) is 10.7. The van der Waals surface area contributed by atoms with E-state index in [0.29, 0.717) is 19.5 Å². The van der Waals surface area contributed by atoms with Crippen molar-refractivity contribution in [1.82, 2.24) is 20.0 Å². The molecule has 1 unspecified atom stereocenters. The Morgan fingerprint density at radius 3 is 2.46 bits per heavy atom. The summed E-state index contributed by atoms with van der Waals surface area (Å²) >= 11 is 0. The van der Waals surface area contributed by atoms with Crippen LogP contribution in [0.5, 0.6) is 0 Å². The van der Waals surface area contributed by atoms with E-state index in [0.717, 1.165) is 64.2 Å². The zero-order valence-corrected chi connectivity index (χ0v) is 17.1. The minimum Gasteiger partial charge on any atom is -0.355 e. The molecule has 1 N–H and O–H groups in total. The summed E-state index contributed by atoms with van der Waals surface area (Å²) in [4.78, 5) is 31.9. The third-order valence-corrected chi connectivity index (χ3v) is 5.98. The summed E-state index contributed by atoms with van der Waals surface area (Å²) in [6.07, 6.45) is 2.19. The number of amides is 2.